The van der Waals surface area contributed by atoms with Gasteiger partial charge in [-0.3, -0.25) is 0 Å². The molecular formula is C16H28N4O2. The van der Waals surface area contributed by atoms with Gasteiger partial charge < -0.3 is 10.2 Å². The molecule has 0 aromatic carbocycles. The van der Waals surface area contributed by atoms with E-state index in [2.05, 4.69) is 22.4 Å². The third kappa shape index (κ3) is 8.71. The lowest BCUT2D eigenvalue weighted by molar-refractivity contribution is 0.279. The van der Waals surface area contributed by atoms with Crippen LogP contribution in [0.1, 0.15) is 65.2 Å². The van der Waals surface area contributed by atoms with Crippen LogP contribution in [0.5, 0.6) is 0 Å². The van der Waals surface area contributed by atoms with Crippen molar-refractivity contribution in [2.45, 2.75) is 76.3 Å². The summed E-state index contributed by atoms with van der Waals surface area (Å²) in [6.07, 6.45) is 5.86. The van der Waals surface area contributed by atoms with Crippen LogP contribution in [0.3, 0.4) is 0 Å². The minimum Gasteiger partial charge on any atom is -0.396 e. The molecule has 0 radical (unpaired) electrons. The van der Waals surface area contributed by atoms with Crippen LogP contribution in [0.15, 0.2) is 10.2 Å². The van der Waals surface area contributed by atoms with Crippen LogP contribution in [-0.2, 0) is 0 Å². The lowest BCUT2D eigenvalue weighted by atomic mass is 9.96. The second-order valence-electron chi connectivity index (χ2n) is 6.04. The minimum absolute atomic E-state index is 0.158. The summed E-state index contributed by atoms with van der Waals surface area (Å²) in [6.45, 7) is 3.76. The van der Waals surface area contributed by atoms with E-state index in [1.165, 1.54) is 0 Å². The zero-order valence-corrected chi connectivity index (χ0v) is 13.8. The van der Waals surface area contributed by atoms with Gasteiger partial charge in [0.15, 0.2) is 11.1 Å². The van der Waals surface area contributed by atoms with Crippen molar-refractivity contribution in [1.82, 2.24) is 0 Å². The predicted molar refractivity (Wildman–Crippen MR) is 84.0 cm³/mol. The molecule has 0 amide bonds. The van der Waals surface area contributed by atoms with Crippen LogP contribution < -0.4 is 0 Å². The van der Waals surface area contributed by atoms with E-state index >= 15 is 0 Å². The van der Waals surface area contributed by atoms with Gasteiger partial charge in [0, 0.05) is 13.2 Å². The maximum absolute atomic E-state index is 9.29. The first-order valence-corrected chi connectivity index (χ1v) is 7.93. The van der Waals surface area contributed by atoms with Crippen LogP contribution in [0.2, 0.25) is 0 Å². The molecule has 0 aliphatic rings. The van der Waals surface area contributed by atoms with Crippen LogP contribution in [0, 0.1) is 22.7 Å². The molecule has 0 aliphatic carbocycles. The van der Waals surface area contributed by atoms with Crippen LogP contribution >= 0.6 is 0 Å². The number of nitrogens with zero attached hydrogens (tertiary/aromatic N) is 4. The third-order valence-corrected chi connectivity index (χ3v) is 3.62. The summed E-state index contributed by atoms with van der Waals surface area (Å²) in [6, 6.07) is 4.33. The first-order valence-electron chi connectivity index (χ1n) is 7.93. The number of unbranched alkanes of at least 4 members (excludes halogenated alkanes) is 4. The molecule has 0 rings (SSSR count). The molecule has 6 heteroatoms. The maximum Gasteiger partial charge on any atom is 0.164 e. The lowest BCUT2D eigenvalue weighted by Gasteiger charge is -2.19. The molecule has 0 saturated carbocycles. The van der Waals surface area contributed by atoms with E-state index < -0.39 is 11.1 Å². The Balaban J connectivity index is 4.56. The Kier molecular flexibility index (Phi) is 10.4. The monoisotopic (exact) mass is 308 g/mol. The summed E-state index contributed by atoms with van der Waals surface area (Å²) < 4.78 is 0. The first kappa shape index (κ1) is 20.5. The molecule has 2 N–H and O–H groups in total. The van der Waals surface area contributed by atoms with Gasteiger partial charge in [-0.15, -0.1) is 0 Å². The number of azo groups is 1. The second kappa shape index (κ2) is 11.1. The standard InChI is InChI=1S/C16H28N4O2/c1-15(13-17,9-5-3-7-11-21)19-20-16(2,14-18)10-6-4-8-12-22/h21-22H,3-12H2,1-2H3. The molecule has 0 saturated heterocycles. The van der Waals surface area contributed by atoms with E-state index in [0.717, 1.165) is 38.5 Å². The van der Waals surface area contributed by atoms with Crippen molar-refractivity contribution in [1.29, 1.82) is 10.5 Å². The second-order valence-corrected chi connectivity index (χ2v) is 6.04. The highest BCUT2D eigenvalue weighted by molar-refractivity contribution is 5.07. The van der Waals surface area contributed by atoms with Crippen molar-refractivity contribution in [3.8, 4) is 12.1 Å². The summed E-state index contributed by atoms with van der Waals surface area (Å²) >= 11 is 0. The topological polar surface area (TPSA) is 113 Å². The molecule has 0 bridgehead atoms. The van der Waals surface area contributed by atoms with Crippen LogP contribution in [0.25, 0.3) is 0 Å². The highest BCUT2D eigenvalue weighted by atomic mass is 16.3. The summed E-state index contributed by atoms with van der Waals surface area (Å²) in [5.74, 6) is 0. The number of aliphatic hydroxyl groups excluding tert-OH is 2. The fourth-order valence-electron chi connectivity index (χ4n) is 1.99. The van der Waals surface area contributed by atoms with Gasteiger partial charge in [-0.25, -0.2) is 0 Å². The summed E-state index contributed by atoms with van der Waals surface area (Å²) in [5, 5.41) is 44.4. The average Bonchev–Trinajstić information content (AvgIpc) is 2.54. The Morgan fingerprint density at radius 2 is 1.09 bits per heavy atom. The molecule has 2 unspecified atom stereocenters. The van der Waals surface area contributed by atoms with Crippen molar-refractivity contribution in [3.05, 3.63) is 0 Å². The number of hydrogen-bond donors (Lipinski definition) is 2. The highest BCUT2D eigenvalue weighted by Crippen LogP contribution is 2.24. The van der Waals surface area contributed by atoms with Gasteiger partial charge in [-0.05, 0) is 52.4 Å². The number of hydrogen-bond acceptors (Lipinski definition) is 6. The number of aliphatic hydroxyl groups is 2. The fourth-order valence-corrected chi connectivity index (χ4v) is 1.99. The Labute approximate surface area is 133 Å². The van der Waals surface area contributed by atoms with Gasteiger partial charge in [0.1, 0.15) is 0 Å². The van der Waals surface area contributed by atoms with Gasteiger partial charge in [-0.2, -0.15) is 20.8 Å². The van der Waals surface area contributed by atoms with E-state index in [1.54, 1.807) is 13.8 Å². The van der Waals surface area contributed by atoms with Gasteiger partial charge in [-0.1, -0.05) is 12.8 Å². The Hall–Kier alpha value is -1.50. The van der Waals surface area contributed by atoms with E-state index in [-0.39, 0.29) is 13.2 Å². The van der Waals surface area contributed by atoms with Crippen LogP contribution in [-0.4, -0.2) is 34.5 Å². The quantitative estimate of drug-likeness (QED) is 0.426. The van der Waals surface area contributed by atoms with Gasteiger partial charge >= 0.3 is 0 Å². The Morgan fingerprint density at radius 3 is 1.36 bits per heavy atom. The minimum atomic E-state index is -0.918. The number of rotatable bonds is 12. The van der Waals surface area contributed by atoms with Crippen molar-refractivity contribution >= 4 is 0 Å². The van der Waals surface area contributed by atoms with Crippen molar-refractivity contribution in [2.24, 2.45) is 10.2 Å². The maximum atomic E-state index is 9.29. The van der Waals surface area contributed by atoms with Gasteiger partial charge in [0.25, 0.3) is 0 Å². The van der Waals surface area contributed by atoms with Gasteiger partial charge in [0.05, 0.1) is 12.1 Å². The molecule has 0 heterocycles. The van der Waals surface area contributed by atoms with Crippen molar-refractivity contribution < 1.29 is 10.2 Å². The Morgan fingerprint density at radius 1 is 0.727 bits per heavy atom. The van der Waals surface area contributed by atoms with E-state index in [1.807, 2.05) is 0 Å². The predicted octanol–water partition coefficient (Wildman–Crippen LogP) is 3.11. The SMILES string of the molecule is CC(C#N)(CCCCCO)N=NC(C)(C#N)CCCCCO. The molecule has 0 aromatic heterocycles. The first-order chi connectivity index (χ1) is 10.4. The normalized spacial score (nSPS) is 16.6. The molecule has 2 atom stereocenters. The molecule has 22 heavy (non-hydrogen) atoms. The molecular weight excluding hydrogens is 280 g/mol. The molecule has 6 nitrogen and oxygen atoms in total. The number of nitriles is 2. The summed E-state index contributed by atoms with van der Waals surface area (Å²) in [7, 11) is 0. The highest BCUT2D eigenvalue weighted by Gasteiger charge is 2.27. The lowest BCUT2D eigenvalue weighted by Crippen LogP contribution is -2.23. The summed E-state index contributed by atoms with van der Waals surface area (Å²) in [5.41, 5.74) is -1.84. The average molecular weight is 308 g/mol. The van der Waals surface area contributed by atoms with Gasteiger partial charge in [0.2, 0.25) is 0 Å². The third-order valence-electron chi connectivity index (χ3n) is 3.62. The van der Waals surface area contributed by atoms with E-state index in [9.17, 15) is 10.5 Å². The Bertz CT molecular complexity index is 375. The molecule has 0 fully saturated rings. The fraction of sp³-hybridized carbons (Fsp3) is 0.875. The van der Waals surface area contributed by atoms with E-state index in [4.69, 9.17) is 10.2 Å². The smallest absolute Gasteiger partial charge is 0.164 e. The van der Waals surface area contributed by atoms with Crippen LogP contribution in [0.4, 0.5) is 0 Å². The zero-order valence-electron chi connectivity index (χ0n) is 13.8. The zero-order chi connectivity index (χ0) is 16.9. The molecule has 0 spiro atoms. The largest absolute Gasteiger partial charge is 0.396 e. The van der Waals surface area contributed by atoms with E-state index in [0.29, 0.717) is 12.8 Å². The van der Waals surface area contributed by atoms with Crippen molar-refractivity contribution in [3.63, 3.8) is 0 Å². The molecule has 0 aromatic rings. The molecule has 0 aliphatic heterocycles. The molecule has 124 valence electrons. The van der Waals surface area contributed by atoms with Crippen molar-refractivity contribution in [2.75, 3.05) is 13.2 Å². The summed E-state index contributed by atoms with van der Waals surface area (Å²) in [4.78, 5) is 0.